The van der Waals surface area contributed by atoms with E-state index in [1.54, 1.807) is 25.1 Å². The van der Waals surface area contributed by atoms with E-state index in [-0.39, 0.29) is 0 Å². The minimum atomic E-state index is -0.894. The van der Waals surface area contributed by atoms with Crippen molar-refractivity contribution in [3.8, 4) is 5.75 Å². The fourth-order valence-electron chi connectivity index (χ4n) is 3.27. The van der Waals surface area contributed by atoms with Crippen molar-refractivity contribution >= 4 is 5.97 Å². The molecule has 0 aliphatic rings. The standard InChI is InChI=1S/C19H27N3O4/c1-13-8-16(9-14(2)18(13)26-5)17(19(23)24)22(6-7-25-4)12-15-10-20-21(3)11-15/h8-11,17H,6-7,12H2,1-5H3,(H,23,24)/t17-/m0/s1. The lowest BCUT2D eigenvalue weighted by Crippen LogP contribution is -2.36. The molecule has 0 radical (unpaired) electrons. The molecule has 0 unspecified atom stereocenters. The molecule has 7 nitrogen and oxygen atoms in total. The first-order valence-corrected chi connectivity index (χ1v) is 8.45. The molecule has 0 aliphatic carbocycles. The Bertz CT molecular complexity index is 734. The number of methoxy groups -OCH3 is 2. The van der Waals surface area contributed by atoms with Crippen LogP contribution >= 0.6 is 0 Å². The molecule has 1 aromatic heterocycles. The van der Waals surface area contributed by atoms with Crippen molar-refractivity contribution in [3.63, 3.8) is 0 Å². The molecule has 0 fully saturated rings. The third kappa shape index (κ3) is 4.62. The summed E-state index contributed by atoms with van der Waals surface area (Å²) < 4.78 is 12.3. The second-order valence-electron chi connectivity index (χ2n) is 6.41. The molecule has 1 aromatic carbocycles. The molecule has 0 saturated carbocycles. The zero-order chi connectivity index (χ0) is 19.3. The van der Waals surface area contributed by atoms with E-state index in [4.69, 9.17) is 9.47 Å². The van der Waals surface area contributed by atoms with Gasteiger partial charge in [0.2, 0.25) is 0 Å². The fraction of sp³-hybridized carbons (Fsp3) is 0.474. The predicted octanol–water partition coefficient (Wildman–Crippen LogP) is 2.32. The first-order valence-electron chi connectivity index (χ1n) is 8.45. The van der Waals surface area contributed by atoms with Crippen molar-refractivity contribution in [3.05, 3.63) is 46.8 Å². The van der Waals surface area contributed by atoms with E-state index in [9.17, 15) is 9.90 Å². The quantitative estimate of drug-likeness (QED) is 0.739. The smallest absolute Gasteiger partial charge is 0.325 e. The van der Waals surface area contributed by atoms with Gasteiger partial charge in [0, 0.05) is 39.0 Å². The van der Waals surface area contributed by atoms with Crippen LogP contribution in [0.3, 0.4) is 0 Å². The van der Waals surface area contributed by atoms with Gasteiger partial charge in [-0.15, -0.1) is 0 Å². The maximum atomic E-state index is 12.1. The van der Waals surface area contributed by atoms with Gasteiger partial charge in [0.25, 0.3) is 0 Å². The molecule has 0 amide bonds. The SMILES string of the molecule is COCCN(Cc1cnn(C)c1)[C@H](C(=O)O)c1cc(C)c(OC)c(C)c1. The Morgan fingerprint density at radius 2 is 1.96 bits per heavy atom. The molecular formula is C19H27N3O4. The summed E-state index contributed by atoms with van der Waals surface area (Å²) in [5.41, 5.74) is 3.52. The average Bonchev–Trinajstić information content (AvgIpc) is 2.97. The summed E-state index contributed by atoms with van der Waals surface area (Å²) in [6.07, 6.45) is 3.65. The predicted molar refractivity (Wildman–Crippen MR) is 98.3 cm³/mol. The molecule has 2 rings (SSSR count). The number of benzene rings is 1. The van der Waals surface area contributed by atoms with E-state index >= 15 is 0 Å². The lowest BCUT2D eigenvalue weighted by molar-refractivity contribution is -0.144. The third-order valence-corrected chi connectivity index (χ3v) is 4.33. The van der Waals surface area contributed by atoms with E-state index in [2.05, 4.69) is 5.10 Å². The fourth-order valence-corrected chi connectivity index (χ4v) is 3.27. The lowest BCUT2D eigenvalue weighted by atomic mass is 9.98. The van der Waals surface area contributed by atoms with Gasteiger partial charge in [0.15, 0.2) is 0 Å². The lowest BCUT2D eigenvalue weighted by Gasteiger charge is -2.29. The summed E-state index contributed by atoms with van der Waals surface area (Å²) in [5.74, 6) is -0.109. The highest BCUT2D eigenvalue weighted by Crippen LogP contribution is 2.30. The van der Waals surface area contributed by atoms with Crippen LogP contribution in [0.2, 0.25) is 0 Å². The Balaban J connectivity index is 2.40. The van der Waals surface area contributed by atoms with Gasteiger partial charge in [-0.25, -0.2) is 0 Å². The highest BCUT2D eigenvalue weighted by molar-refractivity contribution is 5.76. The van der Waals surface area contributed by atoms with E-state index in [1.807, 2.05) is 44.1 Å². The molecule has 0 aliphatic heterocycles. The van der Waals surface area contributed by atoms with Gasteiger partial charge in [0.1, 0.15) is 11.8 Å². The zero-order valence-electron chi connectivity index (χ0n) is 16.0. The minimum absolute atomic E-state index is 0.443. The number of rotatable bonds is 9. The van der Waals surface area contributed by atoms with Crippen LogP contribution in [0.15, 0.2) is 24.5 Å². The molecule has 7 heteroatoms. The number of carbonyl (C=O) groups is 1. The number of hydrogen-bond acceptors (Lipinski definition) is 5. The van der Waals surface area contributed by atoms with Crippen molar-refractivity contribution in [1.29, 1.82) is 0 Å². The van der Waals surface area contributed by atoms with Crippen LogP contribution in [-0.4, -0.2) is 53.1 Å². The number of ether oxygens (including phenoxy) is 2. The first-order chi connectivity index (χ1) is 12.4. The number of carboxylic acid groups (broad SMARTS) is 1. The molecule has 142 valence electrons. The topological polar surface area (TPSA) is 76.8 Å². The van der Waals surface area contributed by atoms with Crippen LogP contribution in [0.1, 0.15) is 28.3 Å². The van der Waals surface area contributed by atoms with Crippen molar-refractivity contribution in [2.24, 2.45) is 7.05 Å². The summed E-state index contributed by atoms with van der Waals surface area (Å²) >= 11 is 0. The van der Waals surface area contributed by atoms with Crippen LogP contribution < -0.4 is 4.74 Å². The molecule has 1 N–H and O–H groups in total. The Morgan fingerprint density at radius 3 is 2.42 bits per heavy atom. The number of carboxylic acids is 1. The molecular weight excluding hydrogens is 334 g/mol. The van der Waals surface area contributed by atoms with Gasteiger partial charge in [-0.3, -0.25) is 14.4 Å². The van der Waals surface area contributed by atoms with Crippen molar-refractivity contribution in [2.75, 3.05) is 27.4 Å². The summed E-state index contributed by atoms with van der Waals surface area (Å²) in [4.78, 5) is 14.0. The number of aliphatic carboxylic acids is 1. The zero-order valence-corrected chi connectivity index (χ0v) is 16.0. The molecule has 0 bridgehead atoms. The Kier molecular flexibility index (Phi) is 6.76. The molecule has 2 aromatic rings. The van der Waals surface area contributed by atoms with E-state index < -0.39 is 12.0 Å². The molecule has 1 heterocycles. The summed E-state index contributed by atoms with van der Waals surface area (Å²) in [5, 5.41) is 14.1. The van der Waals surface area contributed by atoms with Crippen LogP contribution in [0.25, 0.3) is 0 Å². The molecule has 1 atom stereocenters. The van der Waals surface area contributed by atoms with Gasteiger partial charge in [-0.05, 0) is 30.5 Å². The van der Waals surface area contributed by atoms with Gasteiger partial charge < -0.3 is 14.6 Å². The van der Waals surface area contributed by atoms with E-state index in [0.29, 0.717) is 19.7 Å². The third-order valence-electron chi connectivity index (χ3n) is 4.33. The summed E-state index contributed by atoms with van der Waals surface area (Å²) in [6.45, 7) is 5.26. The Labute approximate surface area is 154 Å². The Hall–Kier alpha value is -2.38. The maximum absolute atomic E-state index is 12.1. The van der Waals surface area contributed by atoms with Crippen molar-refractivity contribution in [1.82, 2.24) is 14.7 Å². The molecule has 0 saturated heterocycles. The van der Waals surface area contributed by atoms with Crippen molar-refractivity contribution in [2.45, 2.75) is 26.4 Å². The number of aryl methyl sites for hydroxylation is 3. The van der Waals surface area contributed by atoms with Crippen LogP contribution in [0.5, 0.6) is 5.75 Å². The number of nitrogens with zero attached hydrogens (tertiary/aromatic N) is 3. The maximum Gasteiger partial charge on any atom is 0.325 e. The largest absolute Gasteiger partial charge is 0.496 e. The first kappa shape index (κ1) is 19.9. The van der Waals surface area contributed by atoms with Gasteiger partial charge in [0.05, 0.1) is 19.9 Å². The normalized spacial score (nSPS) is 12.4. The van der Waals surface area contributed by atoms with Crippen LogP contribution in [0.4, 0.5) is 0 Å². The highest BCUT2D eigenvalue weighted by atomic mass is 16.5. The monoisotopic (exact) mass is 361 g/mol. The van der Waals surface area contributed by atoms with Crippen LogP contribution in [0, 0.1) is 13.8 Å². The van der Waals surface area contributed by atoms with E-state index in [0.717, 1.165) is 28.0 Å². The van der Waals surface area contributed by atoms with Crippen molar-refractivity contribution < 1.29 is 19.4 Å². The molecule has 26 heavy (non-hydrogen) atoms. The summed E-state index contributed by atoms with van der Waals surface area (Å²) in [6, 6.07) is 2.98. The van der Waals surface area contributed by atoms with Gasteiger partial charge in [-0.2, -0.15) is 5.10 Å². The number of hydrogen-bond donors (Lipinski definition) is 1. The van der Waals surface area contributed by atoms with Gasteiger partial charge >= 0.3 is 5.97 Å². The minimum Gasteiger partial charge on any atom is -0.496 e. The molecule has 0 spiro atoms. The second-order valence-corrected chi connectivity index (χ2v) is 6.41. The van der Waals surface area contributed by atoms with Gasteiger partial charge in [-0.1, -0.05) is 12.1 Å². The highest BCUT2D eigenvalue weighted by Gasteiger charge is 2.28. The second kappa shape index (κ2) is 8.82. The van der Waals surface area contributed by atoms with E-state index in [1.165, 1.54) is 0 Å². The van der Waals surface area contributed by atoms with Crippen LogP contribution in [-0.2, 0) is 23.1 Å². The number of aromatic nitrogens is 2. The Morgan fingerprint density at radius 1 is 1.31 bits per heavy atom. The average molecular weight is 361 g/mol. The summed E-state index contributed by atoms with van der Waals surface area (Å²) in [7, 11) is 5.07.